The lowest BCUT2D eigenvalue weighted by Crippen LogP contribution is -2.40. The molecule has 0 spiro atoms. The minimum atomic E-state index is -0.150. The van der Waals surface area contributed by atoms with Crippen LogP contribution < -0.4 is 5.32 Å². The molecule has 1 saturated carbocycles. The molecule has 0 aromatic rings. The number of rotatable bonds is 6. The molecule has 6 nitrogen and oxygen atoms in total. The molecule has 1 atom stereocenters. The van der Waals surface area contributed by atoms with Gasteiger partial charge in [0, 0.05) is 38.6 Å². The van der Waals surface area contributed by atoms with E-state index < -0.39 is 0 Å². The van der Waals surface area contributed by atoms with Crippen LogP contribution in [0, 0.1) is 5.92 Å². The van der Waals surface area contributed by atoms with Crippen molar-refractivity contribution in [3.63, 3.8) is 0 Å². The van der Waals surface area contributed by atoms with E-state index in [-0.39, 0.29) is 17.7 Å². The first-order valence-electron chi connectivity index (χ1n) is 9.61. The minimum absolute atomic E-state index is 0.0589. The van der Waals surface area contributed by atoms with Crippen molar-refractivity contribution >= 4 is 11.8 Å². The maximum absolute atomic E-state index is 12.3. The summed E-state index contributed by atoms with van der Waals surface area (Å²) in [6.45, 7) is 5.93. The third-order valence-corrected chi connectivity index (χ3v) is 5.60. The molecule has 2 heterocycles. The van der Waals surface area contributed by atoms with Crippen LogP contribution >= 0.6 is 0 Å². The van der Waals surface area contributed by atoms with Gasteiger partial charge in [-0.2, -0.15) is 0 Å². The molecule has 3 rings (SSSR count). The first-order chi connectivity index (χ1) is 11.7. The topological polar surface area (TPSA) is 61.9 Å². The fraction of sp³-hybridized carbons (Fsp3) is 0.889. The average molecular weight is 337 g/mol. The summed E-state index contributed by atoms with van der Waals surface area (Å²) in [6, 6.07) is 0.380. The molecule has 2 amide bonds. The highest BCUT2D eigenvalue weighted by Crippen LogP contribution is 2.28. The van der Waals surface area contributed by atoms with E-state index in [1.807, 2.05) is 4.90 Å². The van der Waals surface area contributed by atoms with Gasteiger partial charge in [0.1, 0.15) is 0 Å². The molecule has 2 saturated heterocycles. The van der Waals surface area contributed by atoms with Crippen LogP contribution in [0.3, 0.4) is 0 Å². The number of likely N-dealkylation sites (tertiary alicyclic amines) is 1. The smallest absolute Gasteiger partial charge is 0.225 e. The lowest BCUT2D eigenvalue weighted by molar-refractivity contribution is -0.130. The number of nitrogens with zero attached hydrogens (tertiary/aromatic N) is 2. The highest BCUT2D eigenvalue weighted by atomic mass is 16.5. The van der Waals surface area contributed by atoms with E-state index in [1.54, 1.807) is 0 Å². The van der Waals surface area contributed by atoms with Crippen LogP contribution in [0.25, 0.3) is 0 Å². The van der Waals surface area contributed by atoms with Gasteiger partial charge in [-0.25, -0.2) is 0 Å². The maximum Gasteiger partial charge on any atom is 0.225 e. The summed E-state index contributed by atoms with van der Waals surface area (Å²) in [5, 5.41) is 3.03. The zero-order valence-electron chi connectivity index (χ0n) is 14.7. The largest absolute Gasteiger partial charge is 0.379 e. The van der Waals surface area contributed by atoms with Crippen molar-refractivity contribution in [2.45, 2.75) is 51.0 Å². The van der Waals surface area contributed by atoms with Gasteiger partial charge in [-0.15, -0.1) is 0 Å². The van der Waals surface area contributed by atoms with Crippen molar-refractivity contribution in [2.24, 2.45) is 5.92 Å². The molecule has 3 fully saturated rings. The molecule has 0 aromatic carbocycles. The molecule has 6 heteroatoms. The molecule has 1 N–H and O–H groups in total. The second-order valence-electron chi connectivity index (χ2n) is 7.34. The summed E-state index contributed by atoms with van der Waals surface area (Å²) in [5.74, 6) is 0.0850. The van der Waals surface area contributed by atoms with E-state index in [1.165, 1.54) is 19.3 Å². The van der Waals surface area contributed by atoms with Crippen molar-refractivity contribution < 1.29 is 14.3 Å². The van der Waals surface area contributed by atoms with Crippen molar-refractivity contribution in [1.29, 1.82) is 0 Å². The van der Waals surface area contributed by atoms with Gasteiger partial charge in [-0.1, -0.05) is 19.3 Å². The summed E-state index contributed by atoms with van der Waals surface area (Å²) in [7, 11) is 0. The standard InChI is InChI=1S/C18H31N3O3/c22-17-13-15(14-21(17)16-5-2-1-3-6-16)18(23)19-7-4-8-20-9-11-24-12-10-20/h15-16H,1-14H2,(H,19,23)/t15-/m0/s1. The zero-order valence-corrected chi connectivity index (χ0v) is 14.7. The summed E-state index contributed by atoms with van der Waals surface area (Å²) in [5.41, 5.74) is 0. The predicted molar refractivity (Wildman–Crippen MR) is 91.6 cm³/mol. The number of carbonyl (C=O) groups is 2. The second-order valence-corrected chi connectivity index (χ2v) is 7.34. The van der Waals surface area contributed by atoms with Crippen LogP contribution in [0.4, 0.5) is 0 Å². The minimum Gasteiger partial charge on any atom is -0.379 e. The number of hydrogen-bond acceptors (Lipinski definition) is 4. The Kier molecular flexibility index (Phi) is 6.49. The Hall–Kier alpha value is -1.14. The lowest BCUT2D eigenvalue weighted by atomic mass is 9.94. The Labute approximate surface area is 144 Å². The van der Waals surface area contributed by atoms with E-state index in [9.17, 15) is 9.59 Å². The van der Waals surface area contributed by atoms with E-state index in [0.29, 0.717) is 25.6 Å². The van der Waals surface area contributed by atoms with Crippen molar-refractivity contribution in [2.75, 3.05) is 45.9 Å². The molecule has 0 bridgehead atoms. The third kappa shape index (κ3) is 4.70. The number of carbonyl (C=O) groups excluding carboxylic acids is 2. The first-order valence-corrected chi connectivity index (χ1v) is 9.61. The van der Waals surface area contributed by atoms with E-state index in [0.717, 1.165) is 52.1 Å². The number of nitrogens with one attached hydrogen (secondary N) is 1. The molecule has 136 valence electrons. The van der Waals surface area contributed by atoms with Crippen LogP contribution in [0.2, 0.25) is 0 Å². The SMILES string of the molecule is O=C(NCCCN1CCOCC1)[C@H]1CC(=O)N(C2CCCCC2)C1. The van der Waals surface area contributed by atoms with Gasteiger partial charge in [0.05, 0.1) is 19.1 Å². The van der Waals surface area contributed by atoms with Gasteiger partial charge < -0.3 is 15.0 Å². The molecular formula is C18H31N3O3. The molecular weight excluding hydrogens is 306 g/mol. The van der Waals surface area contributed by atoms with Gasteiger partial charge >= 0.3 is 0 Å². The second kappa shape index (κ2) is 8.81. The fourth-order valence-corrected chi connectivity index (χ4v) is 4.14. The Morgan fingerprint density at radius 2 is 1.92 bits per heavy atom. The predicted octanol–water partition coefficient (Wildman–Crippen LogP) is 1.01. The number of hydrogen-bond donors (Lipinski definition) is 1. The van der Waals surface area contributed by atoms with Crippen molar-refractivity contribution in [3.05, 3.63) is 0 Å². The van der Waals surface area contributed by atoms with Gasteiger partial charge in [-0.05, 0) is 25.8 Å². The Bertz CT molecular complexity index is 431. The molecule has 24 heavy (non-hydrogen) atoms. The van der Waals surface area contributed by atoms with Gasteiger partial charge in [0.2, 0.25) is 11.8 Å². The zero-order chi connectivity index (χ0) is 16.8. The van der Waals surface area contributed by atoms with Crippen molar-refractivity contribution in [1.82, 2.24) is 15.1 Å². The van der Waals surface area contributed by atoms with Crippen LogP contribution in [-0.2, 0) is 14.3 Å². The molecule has 0 unspecified atom stereocenters. The summed E-state index contributed by atoms with van der Waals surface area (Å²) >= 11 is 0. The number of ether oxygens (including phenoxy) is 1. The monoisotopic (exact) mass is 337 g/mol. The molecule has 2 aliphatic heterocycles. The van der Waals surface area contributed by atoms with Crippen LogP contribution in [0.5, 0.6) is 0 Å². The number of amides is 2. The van der Waals surface area contributed by atoms with Crippen molar-refractivity contribution in [3.8, 4) is 0 Å². The van der Waals surface area contributed by atoms with E-state index in [4.69, 9.17) is 4.74 Å². The number of morpholine rings is 1. The average Bonchev–Trinajstić information content (AvgIpc) is 3.02. The highest BCUT2D eigenvalue weighted by Gasteiger charge is 2.37. The first kappa shape index (κ1) is 17.7. The van der Waals surface area contributed by atoms with Crippen LogP contribution in [0.15, 0.2) is 0 Å². The Morgan fingerprint density at radius 3 is 2.67 bits per heavy atom. The Balaban J connectivity index is 1.35. The molecule has 0 aromatic heterocycles. The summed E-state index contributed by atoms with van der Waals surface area (Å²) in [6.07, 6.45) is 7.29. The highest BCUT2D eigenvalue weighted by molar-refractivity contribution is 5.89. The summed E-state index contributed by atoms with van der Waals surface area (Å²) in [4.78, 5) is 29.0. The van der Waals surface area contributed by atoms with E-state index in [2.05, 4.69) is 10.2 Å². The maximum atomic E-state index is 12.3. The van der Waals surface area contributed by atoms with Crippen LogP contribution in [0.1, 0.15) is 44.9 Å². The molecule has 0 radical (unpaired) electrons. The van der Waals surface area contributed by atoms with Gasteiger partial charge in [0.25, 0.3) is 0 Å². The van der Waals surface area contributed by atoms with E-state index >= 15 is 0 Å². The normalized spacial score (nSPS) is 26.8. The Morgan fingerprint density at radius 1 is 1.17 bits per heavy atom. The quantitative estimate of drug-likeness (QED) is 0.735. The fourth-order valence-electron chi connectivity index (χ4n) is 4.14. The lowest BCUT2D eigenvalue weighted by Gasteiger charge is -2.31. The molecule has 1 aliphatic carbocycles. The van der Waals surface area contributed by atoms with Gasteiger partial charge in [-0.3, -0.25) is 14.5 Å². The third-order valence-electron chi connectivity index (χ3n) is 5.60. The van der Waals surface area contributed by atoms with Crippen LogP contribution in [-0.4, -0.2) is 73.6 Å². The molecule has 3 aliphatic rings. The van der Waals surface area contributed by atoms with Gasteiger partial charge in [0.15, 0.2) is 0 Å². The summed E-state index contributed by atoms with van der Waals surface area (Å²) < 4.78 is 5.33.